The molecule has 0 fully saturated rings. The van der Waals surface area contributed by atoms with Crippen LogP contribution in [-0.2, 0) is 0 Å². The predicted molar refractivity (Wildman–Crippen MR) is 101 cm³/mol. The van der Waals surface area contributed by atoms with Crippen LogP contribution in [0.1, 0.15) is 5.56 Å². The van der Waals surface area contributed by atoms with Gasteiger partial charge in [0.1, 0.15) is 11.4 Å². The largest absolute Gasteiger partial charge is 0.493 e. The molecule has 0 saturated heterocycles. The summed E-state index contributed by atoms with van der Waals surface area (Å²) in [4.78, 5) is 30.4. The third-order valence-electron chi connectivity index (χ3n) is 3.39. The summed E-state index contributed by atoms with van der Waals surface area (Å²) in [6.07, 6.45) is 1.19. The second-order valence-electron chi connectivity index (χ2n) is 5.02. The van der Waals surface area contributed by atoms with Crippen LogP contribution in [0.5, 0.6) is 5.88 Å². The minimum Gasteiger partial charge on any atom is -0.493 e. The molecule has 0 aliphatic carbocycles. The Kier molecular flexibility index (Phi) is 4.79. The number of H-pyrrole nitrogens is 1. The molecule has 126 valence electrons. The highest BCUT2D eigenvalue weighted by atomic mass is 127. The summed E-state index contributed by atoms with van der Waals surface area (Å²) in [6, 6.07) is 12.2. The summed E-state index contributed by atoms with van der Waals surface area (Å²) in [5.74, 6) is -1.06. The number of aromatic nitrogens is 2. The maximum absolute atomic E-state index is 13.1. The molecule has 0 aliphatic rings. The van der Waals surface area contributed by atoms with Gasteiger partial charge in [0.05, 0.1) is 11.4 Å². The third kappa shape index (κ3) is 3.53. The standard InChI is InChI=1S/C17H11FIN3O3/c18-10-5-7-11(8-6-10)22-16(24)12(15(23)21-17(22)25)9-20-14-4-2-1-3-13(14)19/h1-9,24H,(H,21,23,25). The number of nitrogens with zero attached hydrogens (tertiary/aromatic N) is 2. The van der Waals surface area contributed by atoms with Crippen LogP contribution in [-0.4, -0.2) is 20.9 Å². The van der Waals surface area contributed by atoms with Crippen LogP contribution in [0.3, 0.4) is 0 Å². The molecule has 3 aromatic rings. The van der Waals surface area contributed by atoms with Crippen LogP contribution in [0.15, 0.2) is 63.1 Å². The minimum absolute atomic E-state index is 0.177. The zero-order valence-corrected chi connectivity index (χ0v) is 14.8. The number of rotatable bonds is 3. The summed E-state index contributed by atoms with van der Waals surface area (Å²) in [5.41, 5.74) is -0.954. The van der Waals surface area contributed by atoms with E-state index in [4.69, 9.17) is 0 Å². The van der Waals surface area contributed by atoms with Crippen LogP contribution in [0, 0.1) is 9.39 Å². The van der Waals surface area contributed by atoms with Crippen molar-refractivity contribution >= 4 is 34.5 Å². The van der Waals surface area contributed by atoms with Gasteiger partial charge in [0.25, 0.3) is 5.56 Å². The van der Waals surface area contributed by atoms with E-state index in [1.807, 2.05) is 12.1 Å². The van der Waals surface area contributed by atoms with E-state index in [2.05, 4.69) is 32.6 Å². The molecule has 3 rings (SSSR count). The molecule has 0 unspecified atom stereocenters. The van der Waals surface area contributed by atoms with Gasteiger partial charge in [-0.2, -0.15) is 0 Å². The molecule has 8 heteroatoms. The fourth-order valence-corrected chi connectivity index (χ4v) is 2.70. The number of hydrogen-bond acceptors (Lipinski definition) is 4. The van der Waals surface area contributed by atoms with Crippen molar-refractivity contribution < 1.29 is 9.50 Å². The zero-order chi connectivity index (χ0) is 18.0. The van der Waals surface area contributed by atoms with Crippen LogP contribution in [0.25, 0.3) is 5.69 Å². The van der Waals surface area contributed by atoms with E-state index >= 15 is 0 Å². The van der Waals surface area contributed by atoms with Gasteiger partial charge in [0.15, 0.2) is 0 Å². The van der Waals surface area contributed by atoms with E-state index in [0.29, 0.717) is 5.69 Å². The average molecular weight is 451 g/mol. The van der Waals surface area contributed by atoms with Crippen molar-refractivity contribution in [3.63, 3.8) is 0 Å². The van der Waals surface area contributed by atoms with Gasteiger partial charge in [-0.05, 0) is 59.0 Å². The molecule has 1 aromatic heterocycles. The second-order valence-corrected chi connectivity index (χ2v) is 6.18. The number of para-hydroxylation sites is 1. The van der Waals surface area contributed by atoms with Gasteiger partial charge < -0.3 is 5.11 Å². The van der Waals surface area contributed by atoms with Crippen molar-refractivity contribution in [1.82, 2.24) is 9.55 Å². The molecule has 0 atom stereocenters. The SMILES string of the molecule is O=c1[nH]c(=O)n(-c2ccc(F)cc2)c(O)c1C=Nc1ccccc1I. The van der Waals surface area contributed by atoms with Gasteiger partial charge in [-0.25, -0.2) is 13.8 Å². The quantitative estimate of drug-likeness (QED) is 0.475. The molecule has 6 nitrogen and oxygen atoms in total. The first-order valence-electron chi connectivity index (χ1n) is 7.10. The molecular weight excluding hydrogens is 440 g/mol. The van der Waals surface area contributed by atoms with Crippen molar-refractivity contribution in [3.05, 3.63) is 84.3 Å². The number of benzene rings is 2. The molecule has 25 heavy (non-hydrogen) atoms. The Morgan fingerprint density at radius 1 is 1.12 bits per heavy atom. The maximum atomic E-state index is 13.1. The van der Waals surface area contributed by atoms with Crippen molar-refractivity contribution in [2.24, 2.45) is 4.99 Å². The normalized spacial score (nSPS) is 11.1. The summed E-state index contributed by atoms with van der Waals surface area (Å²) in [6.45, 7) is 0. The van der Waals surface area contributed by atoms with Gasteiger partial charge in [0.2, 0.25) is 5.88 Å². The fraction of sp³-hybridized carbons (Fsp3) is 0. The Hall–Kier alpha value is -2.75. The smallest absolute Gasteiger partial charge is 0.335 e. The van der Waals surface area contributed by atoms with E-state index in [-0.39, 0.29) is 11.3 Å². The van der Waals surface area contributed by atoms with Crippen molar-refractivity contribution in [1.29, 1.82) is 0 Å². The van der Waals surface area contributed by atoms with Gasteiger partial charge in [-0.15, -0.1) is 0 Å². The highest BCUT2D eigenvalue weighted by molar-refractivity contribution is 14.1. The number of hydrogen-bond donors (Lipinski definition) is 2. The molecular formula is C17H11FIN3O3. The zero-order valence-electron chi connectivity index (χ0n) is 12.6. The predicted octanol–water partition coefficient (Wildman–Crippen LogP) is 2.73. The van der Waals surface area contributed by atoms with Crippen molar-refractivity contribution in [2.45, 2.75) is 0 Å². The first-order chi connectivity index (χ1) is 12.0. The molecule has 0 aliphatic heterocycles. The summed E-state index contributed by atoms with van der Waals surface area (Å²) >= 11 is 2.09. The Morgan fingerprint density at radius 2 is 1.80 bits per heavy atom. The molecule has 0 saturated carbocycles. The van der Waals surface area contributed by atoms with E-state index in [1.54, 1.807) is 12.1 Å². The summed E-state index contributed by atoms with van der Waals surface area (Å²) < 4.78 is 14.8. The lowest BCUT2D eigenvalue weighted by Crippen LogP contribution is -2.31. The minimum atomic E-state index is -0.833. The molecule has 2 aromatic carbocycles. The topological polar surface area (TPSA) is 87.5 Å². The Balaban J connectivity index is 2.14. The van der Waals surface area contributed by atoms with Gasteiger partial charge in [0, 0.05) is 9.78 Å². The monoisotopic (exact) mass is 451 g/mol. The third-order valence-corrected chi connectivity index (χ3v) is 4.30. The number of aliphatic imine (C=N–C) groups is 1. The Morgan fingerprint density at radius 3 is 2.48 bits per heavy atom. The molecule has 0 spiro atoms. The molecule has 2 N–H and O–H groups in total. The van der Waals surface area contributed by atoms with Gasteiger partial charge >= 0.3 is 5.69 Å². The second kappa shape index (κ2) is 7.01. The number of halogens is 2. The van der Waals surface area contributed by atoms with Crippen LogP contribution >= 0.6 is 22.6 Å². The lowest BCUT2D eigenvalue weighted by molar-refractivity contribution is 0.430. The molecule has 0 amide bonds. The van der Waals surface area contributed by atoms with E-state index < -0.39 is 22.9 Å². The van der Waals surface area contributed by atoms with Gasteiger partial charge in [-0.3, -0.25) is 14.8 Å². The number of aromatic amines is 1. The number of aromatic hydroxyl groups is 1. The van der Waals surface area contributed by atoms with Crippen molar-refractivity contribution in [2.75, 3.05) is 0 Å². The first kappa shape index (κ1) is 17.1. The highest BCUT2D eigenvalue weighted by Crippen LogP contribution is 2.21. The van der Waals surface area contributed by atoms with Crippen LogP contribution in [0.2, 0.25) is 0 Å². The molecule has 1 heterocycles. The molecule has 0 bridgehead atoms. The van der Waals surface area contributed by atoms with E-state index in [1.165, 1.54) is 18.3 Å². The van der Waals surface area contributed by atoms with Gasteiger partial charge in [-0.1, -0.05) is 12.1 Å². The fourth-order valence-electron chi connectivity index (χ4n) is 2.18. The average Bonchev–Trinajstić information content (AvgIpc) is 2.57. The summed E-state index contributed by atoms with van der Waals surface area (Å²) in [5, 5.41) is 10.4. The molecule has 0 radical (unpaired) electrons. The lowest BCUT2D eigenvalue weighted by atomic mass is 10.2. The Labute approximate surface area is 154 Å². The highest BCUT2D eigenvalue weighted by Gasteiger charge is 2.14. The first-order valence-corrected chi connectivity index (χ1v) is 8.18. The maximum Gasteiger partial charge on any atom is 0.335 e. The number of nitrogens with one attached hydrogen (secondary N) is 1. The van der Waals surface area contributed by atoms with E-state index in [0.717, 1.165) is 20.3 Å². The van der Waals surface area contributed by atoms with Crippen LogP contribution < -0.4 is 11.2 Å². The van der Waals surface area contributed by atoms with Crippen LogP contribution in [0.4, 0.5) is 10.1 Å². The Bertz CT molecular complexity index is 1070. The lowest BCUT2D eigenvalue weighted by Gasteiger charge is -2.09. The summed E-state index contributed by atoms with van der Waals surface area (Å²) in [7, 11) is 0. The van der Waals surface area contributed by atoms with Crippen molar-refractivity contribution in [3.8, 4) is 11.6 Å². The van der Waals surface area contributed by atoms with E-state index in [9.17, 15) is 19.1 Å².